The zero-order valence-corrected chi connectivity index (χ0v) is 18.1. The van der Waals surface area contributed by atoms with Crippen LogP contribution in [0.15, 0.2) is 72.8 Å². The largest absolute Gasteiger partial charge is 0.452 e. The highest BCUT2D eigenvalue weighted by Crippen LogP contribution is 2.32. The number of esters is 1. The van der Waals surface area contributed by atoms with E-state index in [0.29, 0.717) is 5.69 Å². The molecule has 8 heteroatoms. The van der Waals surface area contributed by atoms with Crippen LogP contribution in [-0.4, -0.2) is 18.5 Å². The highest BCUT2D eigenvalue weighted by atomic mass is 19.4. The molecular weight excluding hydrogens is 433 g/mol. The van der Waals surface area contributed by atoms with Crippen LogP contribution in [0.25, 0.3) is 0 Å². The van der Waals surface area contributed by atoms with Gasteiger partial charge in [-0.15, -0.1) is 0 Å². The van der Waals surface area contributed by atoms with E-state index in [-0.39, 0.29) is 22.9 Å². The Kier molecular flexibility index (Phi) is 7.37. The fraction of sp³-hybridized carbons (Fsp3) is 0.200. The number of rotatable bonds is 7. The van der Waals surface area contributed by atoms with E-state index in [9.17, 15) is 22.8 Å². The van der Waals surface area contributed by atoms with E-state index in [0.717, 1.165) is 17.7 Å². The number of hydrogen-bond donors (Lipinski definition) is 2. The fourth-order valence-corrected chi connectivity index (χ4v) is 3.21. The molecule has 0 aromatic heterocycles. The lowest BCUT2D eigenvalue weighted by Gasteiger charge is -2.15. The molecule has 2 N–H and O–H groups in total. The highest BCUT2D eigenvalue weighted by Gasteiger charge is 2.30. The zero-order chi connectivity index (χ0) is 24.0. The van der Waals surface area contributed by atoms with Gasteiger partial charge < -0.3 is 15.4 Å². The highest BCUT2D eigenvalue weighted by molar-refractivity contribution is 5.99. The Balaban J connectivity index is 1.68. The smallest absolute Gasteiger partial charge is 0.416 e. The van der Waals surface area contributed by atoms with E-state index in [1.807, 2.05) is 26.0 Å². The van der Waals surface area contributed by atoms with E-state index in [2.05, 4.69) is 10.6 Å². The van der Waals surface area contributed by atoms with Crippen LogP contribution in [0.2, 0.25) is 0 Å². The summed E-state index contributed by atoms with van der Waals surface area (Å²) < 4.78 is 44.1. The first-order valence-corrected chi connectivity index (χ1v) is 10.2. The predicted molar refractivity (Wildman–Crippen MR) is 121 cm³/mol. The summed E-state index contributed by atoms with van der Waals surface area (Å²) in [6, 6.07) is 18.2. The maximum absolute atomic E-state index is 13.0. The van der Waals surface area contributed by atoms with E-state index >= 15 is 0 Å². The summed E-state index contributed by atoms with van der Waals surface area (Å²) in [5.74, 6) is -1.09. The molecule has 0 saturated heterocycles. The van der Waals surface area contributed by atoms with Gasteiger partial charge in [-0.25, -0.2) is 4.79 Å². The predicted octanol–water partition coefficient (Wildman–Crippen LogP) is 6.37. The molecule has 0 radical (unpaired) electrons. The molecule has 0 bridgehead atoms. The van der Waals surface area contributed by atoms with Gasteiger partial charge in [-0.1, -0.05) is 50.2 Å². The third kappa shape index (κ3) is 6.35. The molecule has 172 valence electrons. The van der Waals surface area contributed by atoms with Gasteiger partial charge in [-0.2, -0.15) is 13.2 Å². The third-order valence-corrected chi connectivity index (χ3v) is 4.81. The average molecular weight is 456 g/mol. The maximum atomic E-state index is 13.0. The van der Waals surface area contributed by atoms with Crippen LogP contribution in [0, 0.1) is 0 Å². The number of carbonyl (C=O) groups is 2. The first kappa shape index (κ1) is 23.8. The summed E-state index contributed by atoms with van der Waals surface area (Å²) in [6.45, 7) is 3.49. The van der Waals surface area contributed by atoms with Gasteiger partial charge in [0.15, 0.2) is 6.61 Å². The van der Waals surface area contributed by atoms with Gasteiger partial charge in [0.25, 0.3) is 5.91 Å². The molecule has 0 aliphatic rings. The van der Waals surface area contributed by atoms with E-state index in [4.69, 9.17) is 4.74 Å². The molecule has 3 rings (SSSR count). The molecule has 0 heterocycles. The number of para-hydroxylation sites is 2. The molecule has 0 unspecified atom stereocenters. The second kappa shape index (κ2) is 10.2. The number of halogens is 3. The van der Waals surface area contributed by atoms with E-state index in [1.54, 1.807) is 24.3 Å². The van der Waals surface area contributed by atoms with Crippen LogP contribution >= 0.6 is 0 Å². The number of amides is 1. The molecule has 0 atom stereocenters. The van der Waals surface area contributed by atoms with Gasteiger partial charge in [-0.3, -0.25) is 4.79 Å². The lowest BCUT2D eigenvalue weighted by atomic mass is 10.0. The van der Waals surface area contributed by atoms with Crippen LogP contribution in [0.5, 0.6) is 0 Å². The number of hydrogen-bond acceptors (Lipinski definition) is 4. The Morgan fingerprint density at radius 1 is 0.909 bits per heavy atom. The van der Waals surface area contributed by atoms with Gasteiger partial charge in [0, 0.05) is 11.4 Å². The monoisotopic (exact) mass is 456 g/mol. The van der Waals surface area contributed by atoms with Crippen molar-refractivity contribution >= 4 is 28.9 Å². The van der Waals surface area contributed by atoms with E-state index in [1.165, 1.54) is 24.3 Å². The molecule has 3 aromatic rings. The third-order valence-electron chi connectivity index (χ3n) is 4.81. The first-order chi connectivity index (χ1) is 15.6. The van der Waals surface area contributed by atoms with Crippen molar-refractivity contribution in [2.45, 2.75) is 25.9 Å². The van der Waals surface area contributed by atoms with Crippen molar-refractivity contribution in [2.75, 3.05) is 17.2 Å². The van der Waals surface area contributed by atoms with Gasteiger partial charge in [-0.05, 0) is 47.9 Å². The van der Waals surface area contributed by atoms with Crippen LogP contribution in [0.1, 0.15) is 41.3 Å². The minimum absolute atomic E-state index is 0.0882. The van der Waals surface area contributed by atoms with Gasteiger partial charge in [0.1, 0.15) is 0 Å². The Morgan fingerprint density at radius 3 is 2.27 bits per heavy atom. The van der Waals surface area contributed by atoms with Crippen LogP contribution in [0.3, 0.4) is 0 Å². The molecule has 0 saturated carbocycles. The second-order valence-electron chi connectivity index (χ2n) is 7.62. The second-order valence-corrected chi connectivity index (χ2v) is 7.62. The Morgan fingerprint density at radius 2 is 1.58 bits per heavy atom. The number of anilines is 3. The van der Waals surface area contributed by atoms with E-state index < -0.39 is 30.2 Å². The summed E-state index contributed by atoms with van der Waals surface area (Å²) in [5.41, 5.74) is 1.28. The minimum atomic E-state index is -4.49. The number of alkyl halides is 3. The van der Waals surface area contributed by atoms with Crippen molar-refractivity contribution in [3.8, 4) is 0 Å². The molecule has 0 aliphatic heterocycles. The van der Waals surface area contributed by atoms with Crippen molar-refractivity contribution in [3.63, 3.8) is 0 Å². The van der Waals surface area contributed by atoms with Gasteiger partial charge in [0.2, 0.25) is 0 Å². The number of carbonyl (C=O) groups excluding carboxylic acids is 2. The van der Waals surface area contributed by atoms with Gasteiger partial charge >= 0.3 is 12.1 Å². The summed E-state index contributed by atoms with van der Waals surface area (Å²) in [4.78, 5) is 24.9. The van der Waals surface area contributed by atoms with Gasteiger partial charge in [0.05, 0.1) is 16.8 Å². The first-order valence-electron chi connectivity index (χ1n) is 10.2. The van der Waals surface area contributed by atoms with Crippen LogP contribution in [0.4, 0.5) is 30.2 Å². The molecule has 0 fully saturated rings. The Bertz CT molecular complexity index is 1140. The standard InChI is InChI=1S/C25H23F3N2O3/c1-16(2)19-10-3-5-12-21(19)30-23(31)15-33-24(32)20-11-4-6-13-22(20)29-18-9-7-8-17(14-18)25(26,27)28/h3-14,16,29H,15H2,1-2H3,(H,30,31). The number of nitrogens with one attached hydrogen (secondary N) is 2. The molecular formula is C25H23F3N2O3. The topological polar surface area (TPSA) is 67.4 Å². The van der Waals surface area contributed by atoms with Crippen LogP contribution < -0.4 is 10.6 Å². The van der Waals surface area contributed by atoms with Crippen LogP contribution in [-0.2, 0) is 15.7 Å². The van der Waals surface area contributed by atoms with Crippen molar-refractivity contribution < 1.29 is 27.5 Å². The van der Waals surface area contributed by atoms with Crippen molar-refractivity contribution in [1.29, 1.82) is 0 Å². The minimum Gasteiger partial charge on any atom is -0.452 e. The molecule has 5 nitrogen and oxygen atoms in total. The molecule has 0 aliphatic carbocycles. The maximum Gasteiger partial charge on any atom is 0.416 e. The number of benzene rings is 3. The zero-order valence-electron chi connectivity index (χ0n) is 18.1. The van der Waals surface area contributed by atoms with Crippen molar-refractivity contribution in [2.24, 2.45) is 0 Å². The lowest BCUT2D eigenvalue weighted by Crippen LogP contribution is -2.22. The van der Waals surface area contributed by atoms with Crippen molar-refractivity contribution in [3.05, 3.63) is 89.5 Å². The molecule has 33 heavy (non-hydrogen) atoms. The molecule has 1 amide bonds. The summed E-state index contributed by atoms with van der Waals surface area (Å²) in [7, 11) is 0. The fourth-order valence-electron chi connectivity index (χ4n) is 3.21. The normalized spacial score (nSPS) is 11.2. The average Bonchev–Trinajstić information content (AvgIpc) is 2.78. The summed E-state index contributed by atoms with van der Waals surface area (Å²) in [6.07, 6.45) is -4.49. The molecule has 0 spiro atoms. The molecule has 3 aromatic carbocycles. The SMILES string of the molecule is CC(C)c1ccccc1NC(=O)COC(=O)c1ccccc1Nc1cccc(C(F)(F)F)c1. The Hall–Kier alpha value is -3.81. The number of ether oxygens (including phenoxy) is 1. The summed E-state index contributed by atoms with van der Waals surface area (Å²) >= 11 is 0. The quantitative estimate of drug-likeness (QED) is 0.406. The summed E-state index contributed by atoms with van der Waals surface area (Å²) in [5, 5.41) is 5.55. The lowest BCUT2D eigenvalue weighted by molar-refractivity contribution is -0.137. The van der Waals surface area contributed by atoms with Crippen molar-refractivity contribution in [1.82, 2.24) is 0 Å². The Labute approximate surface area is 189 Å².